The Morgan fingerprint density at radius 2 is 2.27 bits per heavy atom. The summed E-state index contributed by atoms with van der Waals surface area (Å²) in [5.41, 5.74) is 0.766. The van der Waals surface area contributed by atoms with Crippen molar-refractivity contribution in [1.82, 2.24) is 9.97 Å². The number of fused-ring (bicyclic) bond motifs is 1. The number of aromatic nitrogens is 2. The number of ether oxygens (including phenoxy) is 1. The third-order valence-electron chi connectivity index (χ3n) is 2.62. The molecule has 3 nitrogen and oxygen atoms in total. The Labute approximate surface area is 89.5 Å². The van der Waals surface area contributed by atoms with E-state index >= 15 is 0 Å². The van der Waals surface area contributed by atoms with Crippen LogP contribution in [0.2, 0.25) is 0 Å². The van der Waals surface area contributed by atoms with Gasteiger partial charge in [0.1, 0.15) is 17.0 Å². The molecule has 0 unspecified atom stereocenters. The van der Waals surface area contributed by atoms with Crippen molar-refractivity contribution in [2.45, 2.75) is 32.8 Å². The van der Waals surface area contributed by atoms with Crippen LogP contribution in [0.3, 0.4) is 0 Å². The van der Waals surface area contributed by atoms with Crippen LogP contribution in [0.25, 0.3) is 11.0 Å². The Kier molecular flexibility index (Phi) is 2.39. The van der Waals surface area contributed by atoms with Gasteiger partial charge in [0.2, 0.25) is 0 Å². The summed E-state index contributed by atoms with van der Waals surface area (Å²) >= 11 is 0. The highest BCUT2D eigenvalue weighted by Gasteiger charge is 2.16. The molecule has 2 heterocycles. The van der Waals surface area contributed by atoms with Crippen LogP contribution >= 0.6 is 0 Å². The van der Waals surface area contributed by atoms with Crippen LogP contribution in [0.4, 0.5) is 0 Å². The largest absolute Gasteiger partial charge is 0.486 e. The maximum Gasteiger partial charge on any atom is 0.139 e. The van der Waals surface area contributed by atoms with Crippen LogP contribution in [0, 0.1) is 0 Å². The topological polar surface area (TPSA) is 37.9 Å². The molecule has 0 atom stereocenters. The number of H-pyrrole nitrogens is 1. The van der Waals surface area contributed by atoms with Crippen molar-refractivity contribution in [3.05, 3.63) is 24.5 Å². The molecule has 1 N–H and O–H groups in total. The zero-order valence-electron chi connectivity index (χ0n) is 9.37. The van der Waals surface area contributed by atoms with Crippen molar-refractivity contribution < 1.29 is 4.74 Å². The van der Waals surface area contributed by atoms with Gasteiger partial charge in [-0.2, -0.15) is 0 Å². The van der Waals surface area contributed by atoms with Gasteiger partial charge in [-0.05, 0) is 32.4 Å². The van der Waals surface area contributed by atoms with Crippen molar-refractivity contribution in [2.75, 3.05) is 0 Å². The van der Waals surface area contributed by atoms with Crippen LogP contribution in [0.15, 0.2) is 24.5 Å². The second kappa shape index (κ2) is 3.57. The predicted molar refractivity (Wildman–Crippen MR) is 61.1 cm³/mol. The highest BCUT2D eigenvalue weighted by atomic mass is 16.5. The molecule has 15 heavy (non-hydrogen) atoms. The Morgan fingerprint density at radius 1 is 1.47 bits per heavy atom. The van der Waals surface area contributed by atoms with E-state index in [1.165, 1.54) is 0 Å². The standard InChI is InChI=1S/C12H16N2O/c1-4-12(2,3)15-10-7-9-5-6-13-11(9)14-8-10/h5-8H,4H2,1-3H3,(H,13,14). The number of rotatable bonds is 3. The summed E-state index contributed by atoms with van der Waals surface area (Å²) in [4.78, 5) is 7.34. The lowest BCUT2D eigenvalue weighted by atomic mass is 10.1. The molecule has 0 fully saturated rings. The van der Waals surface area contributed by atoms with Gasteiger partial charge in [-0.15, -0.1) is 0 Å². The number of hydrogen-bond acceptors (Lipinski definition) is 2. The normalized spacial score (nSPS) is 11.9. The lowest BCUT2D eigenvalue weighted by Crippen LogP contribution is -2.26. The molecule has 0 aliphatic carbocycles. The summed E-state index contributed by atoms with van der Waals surface area (Å²) in [6, 6.07) is 4.00. The molecule has 3 heteroatoms. The van der Waals surface area contributed by atoms with E-state index in [1.54, 1.807) is 6.20 Å². The average Bonchev–Trinajstić information content (AvgIpc) is 2.64. The maximum atomic E-state index is 5.85. The van der Waals surface area contributed by atoms with Gasteiger partial charge >= 0.3 is 0 Å². The summed E-state index contributed by atoms with van der Waals surface area (Å²) in [6.45, 7) is 6.27. The number of pyridine rings is 1. The summed E-state index contributed by atoms with van der Waals surface area (Å²) in [5.74, 6) is 0.828. The molecule has 0 aliphatic rings. The van der Waals surface area contributed by atoms with Crippen LogP contribution in [-0.2, 0) is 0 Å². The molecule has 2 aromatic rings. The van der Waals surface area contributed by atoms with Gasteiger partial charge in [-0.1, -0.05) is 6.92 Å². The second-order valence-electron chi connectivity index (χ2n) is 4.30. The monoisotopic (exact) mass is 204 g/mol. The summed E-state index contributed by atoms with van der Waals surface area (Å²) in [7, 11) is 0. The van der Waals surface area contributed by atoms with E-state index in [-0.39, 0.29) is 5.60 Å². The Hall–Kier alpha value is -1.51. The van der Waals surface area contributed by atoms with Gasteiger partial charge in [0.25, 0.3) is 0 Å². The molecule has 80 valence electrons. The SMILES string of the molecule is CCC(C)(C)Oc1cnc2[nH]ccc2c1. The van der Waals surface area contributed by atoms with Crippen molar-refractivity contribution in [3.8, 4) is 5.75 Å². The first kappa shape index (κ1) is 10.0. The van der Waals surface area contributed by atoms with E-state index in [4.69, 9.17) is 4.74 Å². The third kappa shape index (κ3) is 2.12. The molecule has 0 saturated heterocycles. The van der Waals surface area contributed by atoms with Gasteiger partial charge in [-0.25, -0.2) is 4.98 Å². The fourth-order valence-electron chi connectivity index (χ4n) is 1.37. The molecular formula is C12H16N2O. The van der Waals surface area contributed by atoms with E-state index < -0.39 is 0 Å². The van der Waals surface area contributed by atoms with Gasteiger partial charge in [0, 0.05) is 11.6 Å². The fraction of sp³-hybridized carbons (Fsp3) is 0.417. The fourth-order valence-corrected chi connectivity index (χ4v) is 1.37. The first-order valence-corrected chi connectivity index (χ1v) is 5.23. The Bertz CT molecular complexity index is 459. The van der Waals surface area contributed by atoms with Crippen LogP contribution in [0.5, 0.6) is 5.75 Å². The smallest absolute Gasteiger partial charge is 0.139 e. The van der Waals surface area contributed by atoms with Crippen LogP contribution in [-0.4, -0.2) is 15.6 Å². The van der Waals surface area contributed by atoms with Gasteiger partial charge in [0.15, 0.2) is 0 Å². The van der Waals surface area contributed by atoms with Crippen molar-refractivity contribution in [2.24, 2.45) is 0 Å². The lowest BCUT2D eigenvalue weighted by molar-refractivity contribution is 0.105. The molecule has 0 aliphatic heterocycles. The minimum absolute atomic E-state index is 0.133. The summed E-state index contributed by atoms with van der Waals surface area (Å²) < 4.78 is 5.85. The number of nitrogens with one attached hydrogen (secondary N) is 1. The highest BCUT2D eigenvalue weighted by Crippen LogP contribution is 2.23. The molecule has 0 amide bonds. The maximum absolute atomic E-state index is 5.85. The third-order valence-corrected chi connectivity index (χ3v) is 2.62. The van der Waals surface area contributed by atoms with Gasteiger partial charge in [-0.3, -0.25) is 0 Å². The zero-order chi connectivity index (χ0) is 10.9. The summed E-state index contributed by atoms with van der Waals surface area (Å²) in [6.07, 6.45) is 4.61. The van der Waals surface area contributed by atoms with Crippen molar-refractivity contribution in [3.63, 3.8) is 0 Å². The highest BCUT2D eigenvalue weighted by molar-refractivity contribution is 5.76. The molecule has 0 saturated carbocycles. The Morgan fingerprint density at radius 3 is 3.00 bits per heavy atom. The molecule has 0 bridgehead atoms. The predicted octanol–water partition coefficient (Wildman–Crippen LogP) is 3.13. The van der Waals surface area contributed by atoms with Crippen molar-refractivity contribution >= 4 is 11.0 Å². The zero-order valence-corrected chi connectivity index (χ0v) is 9.37. The molecular weight excluding hydrogens is 188 g/mol. The van der Waals surface area contributed by atoms with Gasteiger partial charge in [0.05, 0.1) is 6.20 Å². The molecule has 2 rings (SSSR count). The molecule has 0 radical (unpaired) electrons. The average molecular weight is 204 g/mol. The Balaban J connectivity index is 2.28. The molecule has 2 aromatic heterocycles. The van der Waals surface area contributed by atoms with E-state index in [9.17, 15) is 0 Å². The number of aromatic amines is 1. The minimum atomic E-state index is -0.133. The second-order valence-corrected chi connectivity index (χ2v) is 4.30. The minimum Gasteiger partial charge on any atom is -0.486 e. The van der Waals surface area contributed by atoms with E-state index in [1.807, 2.05) is 18.3 Å². The van der Waals surface area contributed by atoms with E-state index in [0.29, 0.717) is 0 Å². The molecule has 0 aromatic carbocycles. The first-order chi connectivity index (χ1) is 7.11. The lowest BCUT2D eigenvalue weighted by Gasteiger charge is -2.24. The summed E-state index contributed by atoms with van der Waals surface area (Å²) in [5, 5.41) is 1.08. The van der Waals surface area contributed by atoms with Gasteiger partial charge < -0.3 is 9.72 Å². The van der Waals surface area contributed by atoms with E-state index in [0.717, 1.165) is 23.2 Å². The van der Waals surface area contributed by atoms with Crippen LogP contribution < -0.4 is 4.74 Å². The van der Waals surface area contributed by atoms with E-state index in [2.05, 4.69) is 30.7 Å². The van der Waals surface area contributed by atoms with Crippen LogP contribution in [0.1, 0.15) is 27.2 Å². The quantitative estimate of drug-likeness (QED) is 0.834. The number of hydrogen-bond donors (Lipinski definition) is 1. The number of nitrogens with zero attached hydrogens (tertiary/aromatic N) is 1. The molecule has 0 spiro atoms. The van der Waals surface area contributed by atoms with Crippen molar-refractivity contribution in [1.29, 1.82) is 0 Å². The first-order valence-electron chi connectivity index (χ1n) is 5.23.